The molecule has 18 heavy (non-hydrogen) atoms. The van der Waals surface area contributed by atoms with Gasteiger partial charge in [0.2, 0.25) is 0 Å². The molecule has 0 fully saturated rings. The van der Waals surface area contributed by atoms with Crippen LogP contribution in [-0.2, 0) is 9.59 Å². The highest BCUT2D eigenvalue weighted by atomic mass is 16.4. The van der Waals surface area contributed by atoms with Gasteiger partial charge >= 0.3 is 11.9 Å². The zero-order valence-corrected chi connectivity index (χ0v) is 12.5. The molecule has 0 aliphatic heterocycles. The molecule has 0 atom stereocenters. The molecule has 0 unspecified atom stereocenters. The van der Waals surface area contributed by atoms with Crippen LogP contribution < -0.4 is 0 Å². The first kappa shape index (κ1) is 25.3. The summed E-state index contributed by atoms with van der Waals surface area (Å²) < 4.78 is 0. The molecular weight excluding hydrogens is 232 g/mol. The minimum atomic E-state index is -0.935. The van der Waals surface area contributed by atoms with Gasteiger partial charge in [0.05, 0.1) is 0 Å². The van der Waals surface area contributed by atoms with E-state index in [1.807, 2.05) is 13.8 Å². The third kappa shape index (κ3) is 47.2. The molecule has 0 aromatic heterocycles. The van der Waals surface area contributed by atoms with Crippen LogP contribution >= 0.6 is 0 Å². The van der Waals surface area contributed by atoms with Crippen LogP contribution in [-0.4, -0.2) is 22.2 Å². The van der Waals surface area contributed by atoms with E-state index in [4.69, 9.17) is 10.2 Å². The molecular formula is C14H28O4. The quantitative estimate of drug-likeness (QED) is 0.748. The number of hydrogen-bond acceptors (Lipinski definition) is 2. The summed E-state index contributed by atoms with van der Waals surface area (Å²) in [5.41, 5.74) is 0.352. The Kier molecular flexibility index (Phi) is 29.2. The maximum Gasteiger partial charge on any atom is 0.330 e. The van der Waals surface area contributed by atoms with E-state index in [1.54, 1.807) is 0 Å². The molecule has 0 saturated heterocycles. The molecule has 0 spiro atoms. The molecule has 0 radical (unpaired) electrons. The van der Waals surface area contributed by atoms with E-state index >= 15 is 0 Å². The Morgan fingerprint density at radius 2 is 0.944 bits per heavy atom. The Morgan fingerprint density at radius 3 is 0.944 bits per heavy atom. The summed E-state index contributed by atoms with van der Waals surface area (Å²) in [4.78, 5) is 19.2. The first-order valence-electron chi connectivity index (χ1n) is 5.98. The van der Waals surface area contributed by atoms with Gasteiger partial charge in [-0.25, -0.2) is 9.59 Å². The summed E-state index contributed by atoms with van der Waals surface area (Å²) in [5, 5.41) is 15.8. The number of hydrogen-bond donors (Lipinski definition) is 2. The van der Waals surface area contributed by atoms with Crippen LogP contribution in [0.2, 0.25) is 0 Å². The summed E-state index contributed by atoms with van der Waals surface area (Å²) >= 11 is 0. The Balaban J connectivity index is -0.0000000777. The minimum absolute atomic E-state index is 0.176. The minimum Gasteiger partial charge on any atom is -0.478 e. The summed E-state index contributed by atoms with van der Waals surface area (Å²) in [5.74, 6) is -1.87. The van der Waals surface area contributed by atoms with Gasteiger partial charge in [-0.2, -0.15) is 0 Å². The molecule has 4 heteroatoms. The molecule has 4 nitrogen and oxygen atoms in total. The number of carboxylic acids is 2. The van der Waals surface area contributed by atoms with Crippen molar-refractivity contribution in [2.45, 2.75) is 54.4 Å². The zero-order chi connectivity index (χ0) is 15.7. The monoisotopic (exact) mass is 260 g/mol. The van der Waals surface area contributed by atoms with Crippen molar-refractivity contribution in [3.63, 3.8) is 0 Å². The largest absolute Gasteiger partial charge is 0.478 e. The molecule has 0 aromatic carbocycles. The third-order valence-corrected chi connectivity index (χ3v) is 1.23. The Bertz CT molecular complexity index is 192. The Hall–Kier alpha value is -1.58. The van der Waals surface area contributed by atoms with E-state index in [1.165, 1.54) is 26.7 Å². The van der Waals surface area contributed by atoms with E-state index in [2.05, 4.69) is 27.0 Å². The summed E-state index contributed by atoms with van der Waals surface area (Å²) in [7, 11) is 0. The van der Waals surface area contributed by atoms with Crippen LogP contribution in [0.1, 0.15) is 54.4 Å². The van der Waals surface area contributed by atoms with E-state index in [0.717, 1.165) is 0 Å². The van der Waals surface area contributed by atoms with Crippen molar-refractivity contribution in [1.29, 1.82) is 0 Å². The van der Waals surface area contributed by atoms with Crippen molar-refractivity contribution in [2.75, 3.05) is 0 Å². The number of rotatable bonds is 3. The fraction of sp³-hybridized carbons (Fsp3) is 0.571. The lowest BCUT2D eigenvalue weighted by Crippen LogP contribution is -1.92. The highest BCUT2D eigenvalue weighted by Gasteiger charge is 1.90. The molecule has 0 amide bonds. The molecule has 0 heterocycles. The maximum absolute atomic E-state index is 9.60. The predicted molar refractivity (Wildman–Crippen MR) is 76.8 cm³/mol. The summed E-state index contributed by atoms with van der Waals surface area (Å²) in [6.45, 7) is 17.6. The van der Waals surface area contributed by atoms with Gasteiger partial charge in [0.15, 0.2) is 0 Å². The number of unbranched alkanes of at least 4 members (excludes halogenated alkanes) is 1. The van der Waals surface area contributed by atoms with E-state index in [9.17, 15) is 9.59 Å². The van der Waals surface area contributed by atoms with Crippen molar-refractivity contribution < 1.29 is 19.8 Å². The van der Waals surface area contributed by atoms with Gasteiger partial charge in [-0.15, -0.1) is 0 Å². The van der Waals surface area contributed by atoms with Crippen molar-refractivity contribution >= 4 is 11.9 Å². The summed E-state index contributed by atoms with van der Waals surface area (Å²) in [6.07, 6.45) is 2.64. The van der Waals surface area contributed by atoms with Crippen LogP contribution in [0, 0.1) is 0 Å². The fourth-order valence-electron chi connectivity index (χ4n) is 0. The predicted octanol–water partition coefficient (Wildman–Crippen LogP) is 4.13. The lowest BCUT2D eigenvalue weighted by molar-refractivity contribution is -0.133. The van der Waals surface area contributed by atoms with Gasteiger partial charge in [0.25, 0.3) is 0 Å². The van der Waals surface area contributed by atoms with Gasteiger partial charge in [0, 0.05) is 11.1 Å². The van der Waals surface area contributed by atoms with Crippen molar-refractivity contribution in [3.8, 4) is 0 Å². The molecule has 0 aliphatic carbocycles. The highest BCUT2D eigenvalue weighted by Crippen LogP contribution is 1.81. The van der Waals surface area contributed by atoms with Crippen molar-refractivity contribution in [1.82, 2.24) is 0 Å². The second-order valence-corrected chi connectivity index (χ2v) is 3.17. The Labute approximate surface area is 111 Å². The third-order valence-electron chi connectivity index (χ3n) is 1.23. The van der Waals surface area contributed by atoms with Gasteiger partial charge < -0.3 is 10.2 Å². The normalized spacial score (nSPS) is 7.00. The van der Waals surface area contributed by atoms with Crippen molar-refractivity contribution in [2.24, 2.45) is 0 Å². The highest BCUT2D eigenvalue weighted by molar-refractivity contribution is 5.85. The molecule has 0 bridgehead atoms. The lowest BCUT2D eigenvalue weighted by Gasteiger charge is -1.79. The number of carbonyl (C=O) groups is 2. The van der Waals surface area contributed by atoms with Gasteiger partial charge in [-0.05, 0) is 13.8 Å². The molecule has 0 rings (SSSR count). The SMILES string of the molecule is C=C(C)C(=O)O.C=C(C)C(=O)O.CC.CCCC. The summed E-state index contributed by atoms with van der Waals surface area (Å²) in [6, 6.07) is 0. The van der Waals surface area contributed by atoms with E-state index < -0.39 is 11.9 Å². The number of carboxylic acid groups (broad SMARTS) is 2. The average Bonchev–Trinajstić information content (AvgIpc) is 2.32. The molecule has 0 aromatic rings. The molecule has 0 aliphatic rings. The van der Waals surface area contributed by atoms with Crippen LogP contribution in [0.25, 0.3) is 0 Å². The first-order chi connectivity index (χ1) is 8.20. The van der Waals surface area contributed by atoms with E-state index in [-0.39, 0.29) is 11.1 Å². The van der Waals surface area contributed by atoms with Crippen LogP contribution in [0.4, 0.5) is 0 Å². The second-order valence-electron chi connectivity index (χ2n) is 3.17. The second kappa shape index (κ2) is 20.8. The standard InChI is InChI=1S/2C4H6O2.C4H10.C2H6/c2*1-3(2)4(5)6;1-3-4-2;1-2/h2*1H2,2H3,(H,5,6);3-4H2,1-2H3;1-2H3. The lowest BCUT2D eigenvalue weighted by atomic mass is 10.4. The van der Waals surface area contributed by atoms with Gasteiger partial charge in [-0.3, -0.25) is 0 Å². The van der Waals surface area contributed by atoms with Gasteiger partial charge in [0.1, 0.15) is 0 Å². The fourth-order valence-corrected chi connectivity index (χ4v) is 0. The molecule has 0 saturated carbocycles. The van der Waals surface area contributed by atoms with E-state index in [0.29, 0.717) is 0 Å². The first-order valence-corrected chi connectivity index (χ1v) is 5.98. The number of aliphatic carboxylic acids is 2. The average molecular weight is 260 g/mol. The van der Waals surface area contributed by atoms with Crippen molar-refractivity contribution in [3.05, 3.63) is 24.3 Å². The van der Waals surface area contributed by atoms with Crippen LogP contribution in [0.15, 0.2) is 24.3 Å². The van der Waals surface area contributed by atoms with Crippen LogP contribution in [0.5, 0.6) is 0 Å². The topological polar surface area (TPSA) is 74.6 Å². The molecule has 2 N–H and O–H groups in total. The zero-order valence-electron chi connectivity index (χ0n) is 12.5. The smallest absolute Gasteiger partial charge is 0.330 e. The maximum atomic E-state index is 9.60. The van der Waals surface area contributed by atoms with Crippen LogP contribution in [0.3, 0.4) is 0 Å². The van der Waals surface area contributed by atoms with Gasteiger partial charge in [-0.1, -0.05) is 53.7 Å². The molecule has 108 valence electrons. The Morgan fingerprint density at radius 1 is 0.833 bits per heavy atom.